The number of nitrogens with one attached hydrogen (secondary N) is 3. The normalized spacial score (nSPS) is 17.0. The number of hydrogen-bond acceptors (Lipinski definition) is 8. The first-order valence-corrected chi connectivity index (χ1v) is 9.31. The molecule has 0 bridgehead atoms. The molecule has 1 fully saturated rings. The number of aromatic nitrogens is 2. The molecule has 30 heavy (non-hydrogen) atoms. The SMILES string of the molecule is CNN1CCN(c2cc(-c3cccc(C(F)(F)F)c3)nc(C#N)n2)CC1(NC)NC. The van der Waals surface area contributed by atoms with Crippen molar-refractivity contribution in [1.82, 2.24) is 31.0 Å². The highest BCUT2D eigenvalue weighted by Crippen LogP contribution is 2.32. The molecule has 0 amide bonds. The standard InChI is InChI=1S/C19H23F3N8/c1-24-18(25-2)12-29(7-8-30(18)26-3)17-10-15(27-16(11-23)28-17)13-5-4-6-14(9-13)19(20,21)22/h4-6,9-10,24-26H,7-8,12H2,1-3H3. The number of hydrazine groups is 1. The summed E-state index contributed by atoms with van der Waals surface area (Å²) >= 11 is 0. The molecule has 1 aromatic carbocycles. The molecule has 0 radical (unpaired) electrons. The number of likely N-dealkylation sites (N-methyl/N-ethyl adjacent to an activating group) is 2. The predicted octanol–water partition coefficient (Wildman–Crippen LogP) is 1.38. The fraction of sp³-hybridized carbons (Fsp3) is 0.421. The number of halogens is 3. The van der Waals surface area contributed by atoms with Gasteiger partial charge in [0.1, 0.15) is 11.9 Å². The summed E-state index contributed by atoms with van der Waals surface area (Å²) in [4.78, 5) is 10.4. The minimum Gasteiger partial charge on any atom is -0.350 e. The molecule has 1 saturated heterocycles. The fourth-order valence-corrected chi connectivity index (χ4v) is 3.55. The predicted molar refractivity (Wildman–Crippen MR) is 106 cm³/mol. The van der Waals surface area contributed by atoms with Gasteiger partial charge in [0, 0.05) is 24.7 Å². The van der Waals surface area contributed by atoms with E-state index in [0.29, 0.717) is 25.5 Å². The summed E-state index contributed by atoms with van der Waals surface area (Å²) < 4.78 is 39.3. The minimum atomic E-state index is -4.47. The zero-order chi connectivity index (χ0) is 21.9. The van der Waals surface area contributed by atoms with Gasteiger partial charge in [-0.3, -0.25) is 16.1 Å². The van der Waals surface area contributed by atoms with Gasteiger partial charge in [-0.1, -0.05) is 12.1 Å². The van der Waals surface area contributed by atoms with E-state index < -0.39 is 17.5 Å². The summed E-state index contributed by atoms with van der Waals surface area (Å²) in [6.07, 6.45) is -4.47. The molecule has 0 atom stereocenters. The molecule has 1 aliphatic rings. The van der Waals surface area contributed by atoms with Crippen LogP contribution >= 0.6 is 0 Å². The van der Waals surface area contributed by atoms with Crippen molar-refractivity contribution in [2.45, 2.75) is 12.0 Å². The van der Waals surface area contributed by atoms with E-state index in [2.05, 4.69) is 26.0 Å². The number of alkyl halides is 3. The van der Waals surface area contributed by atoms with Crippen molar-refractivity contribution in [2.75, 3.05) is 45.7 Å². The van der Waals surface area contributed by atoms with Crippen LogP contribution in [-0.2, 0) is 6.18 Å². The van der Waals surface area contributed by atoms with Crippen molar-refractivity contribution in [1.29, 1.82) is 5.26 Å². The van der Waals surface area contributed by atoms with Crippen molar-refractivity contribution in [2.24, 2.45) is 0 Å². The summed E-state index contributed by atoms with van der Waals surface area (Å²) in [5.41, 5.74) is 2.90. The Morgan fingerprint density at radius 3 is 2.43 bits per heavy atom. The second kappa shape index (κ2) is 8.53. The van der Waals surface area contributed by atoms with E-state index in [9.17, 15) is 18.4 Å². The van der Waals surface area contributed by atoms with Crippen LogP contribution in [0.2, 0.25) is 0 Å². The molecule has 0 unspecified atom stereocenters. The van der Waals surface area contributed by atoms with Gasteiger partial charge < -0.3 is 4.90 Å². The lowest BCUT2D eigenvalue weighted by atomic mass is 10.1. The van der Waals surface area contributed by atoms with Gasteiger partial charge in [0.15, 0.2) is 5.79 Å². The van der Waals surface area contributed by atoms with Crippen LogP contribution in [0, 0.1) is 11.3 Å². The summed E-state index contributed by atoms with van der Waals surface area (Å²) in [5, 5.41) is 17.9. The molecule has 8 nitrogen and oxygen atoms in total. The van der Waals surface area contributed by atoms with Crippen LogP contribution in [0.25, 0.3) is 11.3 Å². The maximum atomic E-state index is 13.1. The maximum Gasteiger partial charge on any atom is 0.416 e. The maximum absolute atomic E-state index is 13.1. The molecular formula is C19H23F3N8. The second-order valence-corrected chi connectivity index (χ2v) is 6.78. The number of piperazine rings is 1. The second-order valence-electron chi connectivity index (χ2n) is 6.78. The van der Waals surface area contributed by atoms with E-state index in [0.717, 1.165) is 12.1 Å². The van der Waals surface area contributed by atoms with E-state index in [-0.39, 0.29) is 17.1 Å². The van der Waals surface area contributed by atoms with Gasteiger partial charge in [0.05, 0.1) is 17.8 Å². The average molecular weight is 420 g/mol. The molecule has 160 valence electrons. The quantitative estimate of drug-likeness (QED) is 0.625. The van der Waals surface area contributed by atoms with Gasteiger partial charge >= 0.3 is 6.18 Å². The first-order valence-electron chi connectivity index (χ1n) is 9.31. The number of rotatable bonds is 5. The molecule has 3 N–H and O–H groups in total. The van der Waals surface area contributed by atoms with E-state index in [1.807, 2.05) is 37.1 Å². The van der Waals surface area contributed by atoms with Gasteiger partial charge in [-0.2, -0.15) is 18.4 Å². The lowest BCUT2D eigenvalue weighted by molar-refractivity contribution is -0.137. The summed E-state index contributed by atoms with van der Waals surface area (Å²) in [6, 6.07) is 8.40. The highest BCUT2D eigenvalue weighted by Gasteiger charge is 2.39. The first-order chi connectivity index (χ1) is 14.3. The van der Waals surface area contributed by atoms with Gasteiger partial charge in [0.25, 0.3) is 0 Å². The fourth-order valence-electron chi connectivity index (χ4n) is 3.55. The van der Waals surface area contributed by atoms with Crippen LogP contribution in [-0.4, -0.2) is 61.5 Å². The van der Waals surface area contributed by atoms with Gasteiger partial charge in [-0.25, -0.2) is 15.0 Å². The molecule has 0 saturated carbocycles. The van der Waals surface area contributed by atoms with E-state index in [1.54, 1.807) is 6.07 Å². The third-order valence-corrected chi connectivity index (χ3v) is 5.19. The molecule has 0 aliphatic carbocycles. The Kier molecular flexibility index (Phi) is 6.23. The highest BCUT2D eigenvalue weighted by atomic mass is 19.4. The highest BCUT2D eigenvalue weighted by molar-refractivity contribution is 5.64. The summed E-state index contributed by atoms with van der Waals surface area (Å²) in [6.45, 7) is 1.68. The minimum absolute atomic E-state index is 0.101. The van der Waals surface area contributed by atoms with Crippen LogP contribution in [0.5, 0.6) is 0 Å². The third-order valence-electron chi connectivity index (χ3n) is 5.19. The topological polar surface area (TPSA) is 92.1 Å². The Morgan fingerprint density at radius 2 is 1.83 bits per heavy atom. The molecule has 0 spiro atoms. The first kappa shape index (κ1) is 21.9. The molecule has 11 heteroatoms. The van der Waals surface area contributed by atoms with Crippen LogP contribution < -0.4 is 21.0 Å². The molecule has 1 aliphatic heterocycles. The zero-order valence-electron chi connectivity index (χ0n) is 16.9. The largest absolute Gasteiger partial charge is 0.416 e. The lowest BCUT2D eigenvalue weighted by Crippen LogP contribution is -2.77. The van der Waals surface area contributed by atoms with Crippen LogP contribution in [0.4, 0.5) is 19.0 Å². The number of hydrogen-bond donors (Lipinski definition) is 3. The Bertz CT molecular complexity index is 936. The van der Waals surface area contributed by atoms with Crippen molar-refractivity contribution in [3.63, 3.8) is 0 Å². The van der Waals surface area contributed by atoms with Crippen molar-refractivity contribution in [3.05, 3.63) is 41.7 Å². The third kappa shape index (κ3) is 4.22. The Balaban J connectivity index is 2.01. The Labute approximate surface area is 172 Å². The van der Waals surface area contributed by atoms with Crippen molar-refractivity contribution >= 4 is 5.82 Å². The zero-order valence-corrected chi connectivity index (χ0v) is 16.9. The van der Waals surface area contributed by atoms with Gasteiger partial charge in [-0.15, -0.1) is 0 Å². The molecule has 3 rings (SSSR count). The number of benzene rings is 1. The smallest absolute Gasteiger partial charge is 0.350 e. The monoisotopic (exact) mass is 420 g/mol. The Hall–Kier alpha value is -2.78. The summed E-state index contributed by atoms with van der Waals surface area (Å²) in [7, 11) is 5.46. The van der Waals surface area contributed by atoms with E-state index in [4.69, 9.17) is 0 Å². The van der Waals surface area contributed by atoms with Crippen LogP contribution in [0.3, 0.4) is 0 Å². The van der Waals surface area contributed by atoms with Gasteiger partial charge in [-0.05, 0) is 33.3 Å². The molecule has 2 heterocycles. The van der Waals surface area contributed by atoms with E-state index in [1.165, 1.54) is 12.1 Å². The summed E-state index contributed by atoms with van der Waals surface area (Å²) in [5.74, 6) is -0.240. The number of nitriles is 1. The molecular weight excluding hydrogens is 397 g/mol. The van der Waals surface area contributed by atoms with Crippen molar-refractivity contribution < 1.29 is 13.2 Å². The van der Waals surface area contributed by atoms with Crippen LogP contribution in [0.1, 0.15) is 11.4 Å². The van der Waals surface area contributed by atoms with Gasteiger partial charge in [0.2, 0.25) is 5.82 Å². The Morgan fingerprint density at radius 1 is 1.10 bits per heavy atom. The molecule has 1 aromatic heterocycles. The number of nitrogens with zero attached hydrogens (tertiary/aromatic N) is 5. The lowest BCUT2D eigenvalue weighted by Gasteiger charge is -2.50. The van der Waals surface area contributed by atoms with Crippen LogP contribution in [0.15, 0.2) is 30.3 Å². The average Bonchev–Trinajstić information content (AvgIpc) is 2.77. The molecule has 2 aromatic rings. The van der Waals surface area contributed by atoms with Crippen molar-refractivity contribution in [3.8, 4) is 17.3 Å². The number of anilines is 1. The van der Waals surface area contributed by atoms with E-state index >= 15 is 0 Å².